The normalized spacial score (nSPS) is 19.1. The van der Waals surface area contributed by atoms with E-state index in [2.05, 4.69) is 5.32 Å². The van der Waals surface area contributed by atoms with Crippen molar-refractivity contribution in [3.05, 3.63) is 48.5 Å². The van der Waals surface area contributed by atoms with Crippen molar-refractivity contribution in [1.82, 2.24) is 0 Å². The molecule has 2 amide bonds. The second-order valence-electron chi connectivity index (χ2n) is 6.71. The highest BCUT2D eigenvalue weighted by molar-refractivity contribution is 6.01. The number of rotatable bonds is 6. The zero-order valence-corrected chi connectivity index (χ0v) is 15.8. The summed E-state index contributed by atoms with van der Waals surface area (Å²) in [6.45, 7) is 2.61. The van der Waals surface area contributed by atoms with Crippen LogP contribution in [0.4, 0.5) is 11.4 Å². The van der Waals surface area contributed by atoms with Gasteiger partial charge in [0.2, 0.25) is 11.8 Å². The molecule has 1 N–H and O–H groups in total. The number of ether oxygens (including phenoxy) is 2. The third-order valence-corrected chi connectivity index (χ3v) is 4.90. The van der Waals surface area contributed by atoms with Gasteiger partial charge in [-0.3, -0.25) is 9.59 Å². The molecule has 2 atom stereocenters. The summed E-state index contributed by atoms with van der Waals surface area (Å²) in [6, 6.07) is 14.5. The van der Waals surface area contributed by atoms with Gasteiger partial charge >= 0.3 is 0 Å². The van der Waals surface area contributed by atoms with Crippen LogP contribution >= 0.6 is 0 Å². The van der Waals surface area contributed by atoms with E-state index in [1.807, 2.05) is 31.2 Å². The number of nitrogens with zero attached hydrogens (tertiary/aromatic N) is 1. The number of nitrogens with one attached hydrogen (secondary N) is 1. The Morgan fingerprint density at radius 1 is 1.04 bits per heavy atom. The van der Waals surface area contributed by atoms with E-state index in [4.69, 9.17) is 9.47 Å². The fourth-order valence-corrected chi connectivity index (χ4v) is 3.32. The van der Waals surface area contributed by atoms with E-state index in [0.717, 1.165) is 17.2 Å². The van der Waals surface area contributed by atoms with E-state index in [-0.39, 0.29) is 30.1 Å². The van der Waals surface area contributed by atoms with Crippen LogP contribution in [-0.2, 0) is 9.59 Å². The summed E-state index contributed by atoms with van der Waals surface area (Å²) in [7, 11) is 3.20. The maximum atomic E-state index is 12.8. The topological polar surface area (TPSA) is 67.9 Å². The van der Waals surface area contributed by atoms with E-state index in [1.54, 1.807) is 43.4 Å². The maximum absolute atomic E-state index is 12.8. The van der Waals surface area contributed by atoms with Crippen molar-refractivity contribution in [3.8, 4) is 11.5 Å². The Kier molecular flexibility index (Phi) is 5.64. The van der Waals surface area contributed by atoms with Crippen molar-refractivity contribution < 1.29 is 19.1 Å². The zero-order chi connectivity index (χ0) is 19.4. The van der Waals surface area contributed by atoms with Gasteiger partial charge in [0, 0.05) is 24.3 Å². The van der Waals surface area contributed by atoms with E-state index in [0.29, 0.717) is 12.2 Å². The number of anilines is 2. The van der Waals surface area contributed by atoms with Crippen molar-refractivity contribution in [2.45, 2.75) is 13.3 Å². The number of carbonyl (C=O) groups is 2. The second-order valence-corrected chi connectivity index (χ2v) is 6.71. The fourth-order valence-electron chi connectivity index (χ4n) is 3.32. The van der Waals surface area contributed by atoms with Crippen LogP contribution in [0.2, 0.25) is 0 Å². The summed E-state index contributed by atoms with van der Waals surface area (Å²) in [5.74, 6) is 1.06. The Labute approximate surface area is 159 Å². The van der Waals surface area contributed by atoms with Gasteiger partial charge in [0.1, 0.15) is 11.5 Å². The summed E-state index contributed by atoms with van der Waals surface area (Å²) in [6.07, 6.45) is 0.165. The lowest BCUT2D eigenvalue weighted by Crippen LogP contribution is -2.29. The third-order valence-electron chi connectivity index (χ3n) is 4.90. The summed E-state index contributed by atoms with van der Waals surface area (Å²) >= 11 is 0. The molecule has 0 bridgehead atoms. The SMILES string of the molecule is COc1ccc(NC(=O)C[C@H]2C(=O)N(c3ccc(OC)cc3)C[C@@H]2C)cc1. The number of amides is 2. The van der Waals surface area contributed by atoms with Gasteiger partial charge in [-0.05, 0) is 54.4 Å². The van der Waals surface area contributed by atoms with Crippen molar-refractivity contribution in [1.29, 1.82) is 0 Å². The first kappa shape index (κ1) is 18.8. The molecule has 6 heteroatoms. The highest BCUT2D eigenvalue weighted by atomic mass is 16.5. The molecule has 0 unspecified atom stereocenters. The Balaban J connectivity index is 1.63. The van der Waals surface area contributed by atoms with Crippen molar-refractivity contribution in [2.75, 3.05) is 31.0 Å². The lowest BCUT2D eigenvalue weighted by Gasteiger charge is -2.17. The van der Waals surface area contributed by atoms with Crippen LogP contribution in [0.1, 0.15) is 13.3 Å². The maximum Gasteiger partial charge on any atom is 0.230 e. The molecular weight excluding hydrogens is 344 g/mol. The lowest BCUT2D eigenvalue weighted by molar-refractivity contribution is -0.125. The van der Waals surface area contributed by atoms with Gasteiger partial charge in [-0.2, -0.15) is 0 Å². The van der Waals surface area contributed by atoms with Gasteiger partial charge < -0.3 is 19.7 Å². The molecule has 0 saturated carbocycles. The molecule has 2 aromatic rings. The molecule has 1 fully saturated rings. The Bertz CT molecular complexity index is 802. The van der Waals surface area contributed by atoms with E-state index in [9.17, 15) is 9.59 Å². The largest absolute Gasteiger partial charge is 0.497 e. The van der Waals surface area contributed by atoms with Crippen LogP contribution in [0, 0.1) is 11.8 Å². The predicted molar refractivity (Wildman–Crippen MR) is 104 cm³/mol. The molecule has 1 heterocycles. The van der Waals surface area contributed by atoms with Gasteiger partial charge in [-0.15, -0.1) is 0 Å². The number of hydrogen-bond donors (Lipinski definition) is 1. The van der Waals surface area contributed by atoms with Crippen LogP contribution in [0.3, 0.4) is 0 Å². The van der Waals surface area contributed by atoms with Gasteiger partial charge in [-0.1, -0.05) is 6.92 Å². The predicted octanol–water partition coefficient (Wildman–Crippen LogP) is 3.33. The molecule has 1 aliphatic rings. The lowest BCUT2D eigenvalue weighted by atomic mass is 9.94. The molecule has 142 valence electrons. The summed E-state index contributed by atoms with van der Waals surface area (Å²) in [4.78, 5) is 27.0. The van der Waals surface area contributed by atoms with Gasteiger partial charge in [0.15, 0.2) is 0 Å². The van der Waals surface area contributed by atoms with Crippen LogP contribution in [0.5, 0.6) is 11.5 Å². The summed E-state index contributed by atoms with van der Waals surface area (Å²) < 4.78 is 10.3. The molecule has 3 rings (SSSR count). The summed E-state index contributed by atoms with van der Waals surface area (Å²) in [5, 5.41) is 2.85. The molecule has 6 nitrogen and oxygen atoms in total. The van der Waals surface area contributed by atoms with Crippen molar-refractivity contribution in [3.63, 3.8) is 0 Å². The molecular formula is C21H24N2O4. The number of hydrogen-bond acceptors (Lipinski definition) is 4. The van der Waals surface area contributed by atoms with Crippen molar-refractivity contribution >= 4 is 23.2 Å². The standard InChI is InChI=1S/C21H24N2O4/c1-14-13-23(16-6-10-18(27-3)11-7-16)21(25)19(14)12-20(24)22-15-4-8-17(26-2)9-5-15/h4-11,14,19H,12-13H2,1-3H3,(H,22,24)/t14-,19+/m0/s1. The van der Waals surface area contributed by atoms with Gasteiger partial charge in [0.25, 0.3) is 0 Å². The first-order chi connectivity index (χ1) is 13.0. The smallest absolute Gasteiger partial charge is 0.230 e. The second kappa shape index (κ2) is 8.12. The first-order valence-electron chi connectivity index (χ1n) is 8.91. The van der Waals surface area contributed by atoms with Crippen LogP contribution in [-0.4, -0.2) is 32.6 Å². The van der Waals surface area contributed by atoms with Gasteiger partial charge in [-0.25, -0.2) is 0 Å². The van der Waals surface area contributed by atoms with Crippen molar-refractivity contribution in [2.24, 2.45) is 11.8 Å². The zero-order valence-electron chi connectivity index (χ0n) is 15.8. The number of benzene rings is 2. The molecule has 27 heavy (non-hydrogen) atoms. The third kappa shape index (κ3) is 4.22. The molecule has 2 aromatic carbocycles. The number of carbonyl (C=O) groups excluding carboxylic acids is 2. The molecule has 1 aliphatic heterocycles. The van der Waals surface area contributed by atoms with Crippen LogP contribution in [0.25, 0.3) is 0 Å². The molecule has 0 aromatic heterocycles. The minimum atomic E-state index is -0.328. The minimum absolute atomic E-state index is 0.0162. The minimum Gasteiger partial charge on any atom is -0.497 e. The van der Waals surface area contributed by atoms with E-state index in [1.165, 1.54) is 0 Å². The van der Waals surface area contributed by atoms with E-state index < -0.39 is 0 Å². The molecule has 0 spiro atoms. The highest BCUT2D eigenvalue weighted by Crippen LogP contribution is 2.32. The monoisotopic (exact) mass is 368 g/mol. The Morgan fingerprint density at radius 3 is 2.15 bits per heavy atom. The highest BCUT2D eigenvalue weighted by Gasteiger charge is 2.39. The quantitative estimate of drug-likeness (QED) is 0.849. The average molecular weight is 368 g/mol. The Hall–Kier alpha value is -3.02. The molecule has 0 aliphatic carbocycles. The van der Waals surface area contributed by atoms with Crippen LogP contribution in [0.15, 0.2) is 48.5 Å². The fraction of sp³-hybridized carbons (Fsp3) is 0.333. The molecule has 0 radical (unpaired) electrons. The van der Waals surface area contributed by atoms with Crippen LogP contribution < -0.4 is 19.7 Å². The molecule has 1 saturated heterocycles. The van der Waals surface area contributed by atoms with Gasteiger partial charge in [0.05, 0.1) is 20.1 Å². The summed E-state index contributed by atoms with van der Waals surface area (Å²) in [5.41, 5.74) is 1.51. The van der Waals surface area contributed by atoms with E-state index >= 15 is 0 Å². The average Bonchev–Trinajstić information content (AvgIpc) is 2.97. The Morgan fingerprint density at radius 2 is 1.59 bits per heavy atom. The first-order valence-corrected chi connectivity index (χ1v) is 8.91. The number of methoxy groups -OCH3 is 2.